The van der Waals surface area contributed by atoms with Crippen LogP contribution in [0.25, 0.3) is 0 Å². The number of carbonyl (C=O) groups is 2. The van der Waals surface area contributed by atoms with Crippen LogP contribution in [0.15, 0.2) is 72.9 Å². The molecule has 0 heterocycles. The summed E-state index contributed by atoms with van der Waals surface area (Å²) in [6, 6.07) is 0. The molecule has 1 unspecified atom stereocenters. The first-order chi connectivity index (χ1) is 28.0. The second kappa shape index (κ2) is 39.9. The van der Waals surface area contributed by atoms with Crippen molar-refractivity contribution in [2.45, 2.75) is 174 Å². The highest BCUT2D eigenvalue weighted by atomic mass is 31.2. The Labute approximate surface area is 355 Å². The molecule has 9 nitrogen and oxygen atoms in total. The van der Waals surface area contributed by atoms with Gasteiger partial charge in [0.2, 0.25) is 0 Å². The first kappa shape index (κ1) is 55.5. The number of esters is 2. The van der Waals surface area contributed by atoms with Crippen molar-refractivity contribution in [3.05, 3.63) is 72.9 Å². The van der Waals surface area contributed by atoms with Gasteiger partial charge in [-0.3, -0.25) is 14.2 Å². The zero-order chi connectivity index (χ0) is 42.8. The Balaban J connectivity index is 4.38. The second-order valence-corrected chi connectivity index (χ2v) is 17.5. The minimum Gasteiger partial charge on any atom is -0.756 e. The third kappa shape index (κ3) is 43.0. The van der Waals surface area contributed by atoms with Crippen LogP contribution in [0.3, 0.4) is 0 Å². The molecule has 0 aromatic carbocycles. The molecule has 0 saturated carbocycles. The fraction of sp³-hybridized carbons (Fsp3) is 0.708. The van der Waals surface area contributed by atoms with Gasteiger partial charge in [-0.15, -0.1) is 0 Å². The Morgan fingerprint density at radius 2 is 1.05 bits per heavy atom. The number of rotatable bonds is 40. The summed E-state index contributed by atoms with van der Waals surface area (Å²) in [6.45, 7) is 4.02. The van der Waals surface area contributed by atoms with E-state index in [1.165, 1.54) is 57.8 Å². The molecule has 0 aliphatic rings. The number of quaternary nitrogens is 1. The minimum absolute atomic E-state index is 0.0395. The van der Waals surface area contributed by atoms with Gasteiger partial charge < -0.3 is 27.9 Å². The van der Waals surface area contributed by atoms with E-state index in [2.05, 4.69) is 56.4 Å². The average molecular weight is 834 g/mol. The van der Waals surface area contributed by atoms with Crippen molar-refractivity contribution in [1.82, 2.24) is 0 Å². The lowest BCUT2D eigenvalue weighted by Crippen LogP contribution is -2.37. The largest absolute Gasteiger partial charge is 0.756 e. The fourth-order valence-corrected chi connectivity index (χ4v) is 6.48. The van der Waals surface area contributed by atoms with E-state index in [4.69, 9.17) is 18.5 Å². The van der Waals surface area contributed by atoms with Crippen LogP contribution in [-0.2, 0) is 32.7 Å². The standard InChI is InChI=1S/C48H84NO8P/c1-6-8-10-12-14-16-18-20-22-23-24-25-27-29-31-33-35-37-39-41-48(51)57-46(45-56-58(52,53)55-43-42-49(3,4)5)44-54-47(50)40-38-36-34-32-30-28-26-21-19-17-15-13-11-9-7-2/h9,11,13-17,19-22,26,46H,6-8,10,12,18,23-25,27-45H2,1-5H3/b11-9+,15-13+,16-14+,19-17+,22-20+,26-21+/t46-/m1/s1. The highest BCUT2D eigenvalue weighted by Gasteiger charge is 2.21. The maximum atomic E-state index is 12.7. The summed E-state index contributed by atoms with van der Waals surface area (Å²) in [5.41, 5.74) is 0. The van der Waals surface area contributed by atoms with Crippen LogP contribution in [0.4, 0.5) is 0 Å². The van der Waals surface area contributed by atoms with Crippen LogP contribution in [0.2, 0.25) is 0 Å². The van der Waals surface area contributed by atoms with Gasteiger partial charge in [0, 0.05) is 12.8 Å². The molecule has 0 aliphatic heterocycles. The van der Waals surface area contributed by atoms with Gasteiger partial charge in [0.05, 0.1) is 27.7 Å². The molecule has 58 heavy (non-hydrogen) atoms. The summed E-state index contributed by atoms with van der Waals surface area (Å²) in [7, 11) is 1.14. The van der Waals surface area contributed by atoms with Crippen molar-refractivity contribution >= 4 is 19.8 Å². The van der Waals surface area contributed by atoms with E-state index in [1.54, 1.807) is 0 Å². The lowest BCUT2D eigenvalue weighted by molar-refractivity contribution is -0.870. The molecule has 0 aliphatic carbocycles. The monoisotopic (exact) mass is 834 g/mol. The average Bonchev–Trinajstić information content (AvgIpc) is 3.17. The second-order valence-electron chi connectivity index (χ2n) is 16.1. The van der Waals surface area contributed by atoms with Crippen LogP contribution in [0, 0.1) is 0 Å². The number of unbranched alkanes of at least 4 members (excludes halogenated alkanes) is 17. The van der Waals surface area contributed by atoms with E-state index in [0.29, 0.717) is 23.9 Å². The number of hydrogen-bond acceptors (Lipinski definition) is 8. The Kier molecular flexibility index (Phi) is 38.1. The fourth-order valence-electron chi connectivity index (χ4n) is 5.75. The van der Waals surface area contributed by atoms with Crippen molar-refractivity contribution in [3.8, 4) is 0 Å². The smallest absolute Gasteiger partial charge is 0.306 e. The molecule has 0 saturated heterocycles. The van der Waals surface area contributed by atoms with Crippen molar-refractivity contribution < 1.29 is 42.1 Å². The number of phosphoric acid groups is 1. The predicted octanol–water partition coefficient (Wildman–Crippen LogP) is 12.4. The maximum absolute atomic E-state index is 12.7. The Hall–Kier alpha value is -2.55. The van der Waals surface area contributed by atoms with Crippen LogP contribution < -0.4 is 4.89 Å². The highest BCUT2D eigenvalue weighted by molar-refractivity contribution is 7.45. The van der Waals surface area contributed by atoms with Crippen LogP contribution in [-0.4, -0.2) is 70.0 Å². The van der Waals surface area contributed by atoms with Gasteiger partial charge in [0.15, 0.2) is 6.10 Å². The highest BCUT2D eigenvalue weighted by Crippen LogP contribution is 2.38. The Morgan fingerprint density at radius 3 is 1.60 bits per heavy atom. The molecule has 0 rings (SSSR count). The molecule has 0 fully saturated rings. The quantitative estimate of drug-likeness (QED) is 0.0150. The van der Waals surface area contributed by atoms with Gasteiger partial charge in [0.25, 0.3) is 7.82 Å². The van der Waals surface area contributed by atoms with Crippen molar-refractivity contribution in [1.29, 1.82) is 0 Å². The lowest BCUT2D eigenvalue weighted by Gasteiger charge is -2.28. The number of likely N-dealkylation sites (N-methyl/N-ethyl adjacent to an activating group) is 1. The summed E-state index contributed by atoms with van der Waals surface area (Å²) >= 11 is 0. The third-order valence-corrected chi connectivity index (χ3v) is 10.3. The van der Waals surface area contributed by atoms with Crippen LogP contribution >= 0.6 is 7.82 Å². The summed E-state index contributed by atoms with van der Waals surface area (Å²) < 4.78 is 33.9. The van der Waals surface area contributed by atoms with Gasteiger partial charge >= 0.3 is 11.9 Å². The molecule has 334 valence electrons. The molecule has 0 N–H and O–H groups in total. The summed E-state index contributed by atoms with van der Waals surface area (Å²) in [4.78, 5) is 37.6. The minimum atomic E-state index is -4.64. The number of nitrogens with zero attached hydrogens (tertiary/aromatic N) is 1. The van der Waals surface area contributed by atoms with E-state index in [0.717, 1.165) is 70.6 Å². The molecule has 0 bridgehead atoms. The Morgan fingerprint density at radius 1 is 0.569 bits per heavy atom. The molecule has 2 atom stereocenters. The van der Waals surface area contributed by atoms with Crippen molar-refractivity contribution in [2.24, 2.45) is 0 Å². The first-order valence-electron chi connectivity index (χ1n) is 22.7. The van der Waals surface area contributed by atoms with Crippen LogP contribution in [0.1, 0.15) is 168 Å². The zero-order valence-corrected chi connectivity index (χ0v) is 38.4. The van der Waals surface area contributed by atoms with E-state index in [1.807, 2.05) is 51.5 Å². The van der Waals surface area contributed by atoms with E-state index >= 15 is 0 Å². The molecule has 0 radical (unpaired) electrons. The molecule has 0 aromatic heterocycles. The predicted molar refractivity (Wildman–Crippen MR) is 240 cm³/mol. The molecule has 0 aromatic rings. The Bertz CT molecular complexity index is 1220. The van der Waals surface area contributed by atoms with Crippen molar-refractivity contribution in [3.63, 3.8) is 0 Å². The number of phosphoric ester groups is 1. The molecular weight excluding hydrogens is 750 g/mol. The van der Waals surface area contributed by atoms with Gasteiger partial charge in [-0.1, -0.05) is 164 Å². The SMILES string of the molecule is CC/C=C/C=C/C=C/C=C/CCCCCCCC(=O)OC[C@H](COP(=O)([O-])OCC[N+](C)(C)C)OC(=O)CCCCCCCCCCC/C=C/C/C=C/CCCCC. The lowest BCUT2D eigenvalue weighted by atomic mass is 10.1. The van der Waals surface area contributed by atoms with Gasteiger partial charge in [0.1, 0.15) is 19.8 Å². The number of hydrogen-bond donors (Lipinski definition) is 0. The van der Waals surface area contributed by atoms with Gasteiger partial charge in [-0.25, -0.2) is 0 Å². The number of ether oxygens (including phenoxy) is 2. The van der Waals surface area contributed by atoms with E-state index in [-0.39, 0.29) is 26.1 Å². The maximum Gasteiger partial charge on any atom is 0.306 e. The zero-order valence-electron chi connectivity index (χ0n) is 37.5. The molecule has 0 spiro atoms. The van der Waals surface area contributed by atoms with Crippen molar-refractivity contribution in [2.75, 3.05) is 47.5 Å². The topological polar surface area (TPSA) is 111 Å². The molecular formula is C48H84NO8P. The van der Waals surface area contributed by atoms with Gasteiger partial charge in [-0.05, 0) is 64.2 Å². The van der Waals surface area contributed by atoms with E-state index in [9.17, 15) is 19.0 Å². The van der Waals surface area contributed by atoms with E-state index < -0.39 is 32.5 Å². The third-order valence-electron chi connectivity index (χ3n) is 9.31. The molecule has 0 amide bonds. The normalized spacial score (nSPS) is 14.2. The summed E-state index contributed by atoms with van der Waals surface area (Å²) in [5, 5.41) is 0. The first-order valence-corrected chi connectivity index (χ1v) is 24.2. The molecule has 10 heteroatoms. The van der Waals surface area contributed by atoms with Gasteiger partial charge in [-0.2, -0.15) is 0 Å². The number of carbonyl (C=O) groups excluding carboxylic acids is 2. The summed E-state index contributed by atoms with van der Waals surface area (Å²) in [5.74, 6) is -0.872. The summed E-state index contributed by atoms with van der Waals surface area (Å²) in [6.07, 6.45) is 49.2. The van der Waals surface area contributed by atoms with Crippen LogP contribution in [0.5, 0.6) is 0 Å². The number of allylic oxidation sites excluding steroid dienone is 12.